The molecule has 2 bridgehead atoms. The Morgan fingerprint density at radius 2 is 2.24 bits per heavy atom. The number of hydrogen-bond acceptors (Lipinski definition) is 7. The third kappa shape index (κ3) is 2.18. The highest BCUT2D eigenvalue weighted by atomic mass is 32.3. The molecule has 1 aromatic heterocycles. The number of methoxy groups -OCH3 is 1. The first-order valence-corrected chi connectivity index (χ1v) is 8.00. The smallest absolute Gasteiger partial charge is 0.418 e. The Morgan fingerprint density at radius 3 is 2.86 bits per heavy atom. The van der Waals surface area contributed by atoms with Gasteiger partial charge >= 0.3 is 22.4 Å². The zero-order valence-electron chi connectivity index (χ0n) is 10.6. The summed E-state index contributed by atoms with van der Waals surface area (Å²) in [5.74, 6) is -0.626. The molecule has 3 heterocycles. The van der Waals surface area contributed by atoms with Crippen molar-refractivity contribution < 1.29 is 31.6 Å². The van der Waals surface area contributed by atoms with Gasteiger partial charge in [0.2, 0.25) is 0 Å². The normalized spacial score (nSPS) is 24.2. The monoisotopic (exact) mass is 334 g/mol. The minimum absolute atomic E-state index is 0.0673. The summed E-state index contributed by atoms with van der Waals surface area (Å²) in [5.41, 5.74) is 0.598. The van der Waals surface area contributed by atoms with Crippen LogP contribution in [-0.2, 0) is 24.2 Å². The number of urea groups is 1. The number of fused-ring (bicyclic) bond motifs is 4. The molecular formula is C10H10N2O7S2. The predicted molar refractivity (Wildman–Crippen MR) is 68.4 cm³/mol. The largest absolute Gasteiger partial charge is 0.467 e. The maximum absolute atomic E-state index is 12.2. The van der Waals surface area contributed by atoms with E-state index in [0.717, 1.165) is 4.90 Å². The predicted octanol–water partition coefficient (Wildman–Crippen LogP) is 0.489. The minimum Gasteiger partial charge on any atom is -0.467 e. The van der Waals surface area contributed by atoms with Gasteiger partial charge in [0.25, 0.3) is 0 Å². The summed E-state index contributed by atoms with van der Waals surface area (Å²) in [5, 5.41) is 2.28. The third-order valence-electron chi connectivity index (χ3n) is 3.33. The van der Waals surface area contributed by atoms with Crippen molar-refractivity contribution in [1.82, 2.24) is 9.96 Å². The molecule has 0 aromatic carbocycles. The van der Waals surface area contributed by atoms with Crippen molar-refractivity contribution in [2.75, 3.05) is 13.7 Å². The van der Waals surface area contributed by atoms with Crippen molar-refractivity contribution in [2.45, 2.75) is 12.1 Å². The van der Waals surface area contributed by atoms with E-state index in [9.17, 15) is 18.0 Å². The molecule has 21 heavy (non-hydrogen) atoms. The molecule has 2 amide bonds. The van der Waals surface area contributed by atoms with Crippen molar-refractivity contribution in [2.24, 2.45) is 0 Å². The average molecular weight is 334 g/mol. The molecule has 0 radical (unpaired) electrons. The Balaban J connectivity index is 2.06. The number of nitrogens with zero attached hydrogens (tertiary/aromatic N) is 2. The van der Waals surface area contributed by atoms with Crippen LogP contribution >= 0.6 is 11.3 Å². The standard InChI is InChI=1S/C10H10N2O7S2/c1-18-9(13)7-8-5(2-3-20-8)6-4-11(7)10(14)12(6)19-21(15,16)17/h2-3,6-7H,4H2,1H3,(H,15,16,17). The van der Waals surface area contributed by atoms with Gasteiger partial charge in [-0.1, -0.05) is 0 Å². The molecule has 2 aliphatic rings. The SMILES string of the molecule is COC(=O)C1c2sccc2C2CN1C(=O)N2OS(=O)(=O)O. The molecule has 1 N–H and O–H groups in total. The van der Waals surface area contributed by atoms with Gasteiger partial charge in [-0.25, -0.2) is 9.59 Å². The van der Waals surface area contributed by atoms with Gasteiger partial charge in [0.1, 0.15) is 6.04 Å². The van der Waals surface area contributed by atoms with Gasteiger partial charge in [-0.05, 0) is 17.0 Å². The van der Waals surface area contributed by atoms with Gasteiger partial charge in [0, 0.05) is 4.88 Å². The van der Waals surface area contributed by atoms with Crippen molar-refractivity contribution in [3.63, 3.8) is 0 Å². The molecule has 0 saturated carbocycles. The molecule has 0 spiro atoms. The second-order valence-electron chi connectivity index (χ2n) is 4.44. The van der Waals surface area contributed by atoms with E-state index in [1.165, 1.54) is 18.4 Å². The first kappa shape index (κ1) is 14.3. The fourth-order valence-electron chi connectivity index (χ4n) is 2.54. The number of rotatable bonds is 3. The molecule has 9 nitrogen and oxygen atoms in total. The van der Waals surface area contributed by atoms with Gasteiger partial charge in [-0.15, -0.1) is 15.6 Å². The number of amides is 2. The lowest BCUT2D eigenvalue weighted by atomic mass is 10.00. The molecule has 2 aliphatic heterocycles. The van der Waals surface area contributed by atoms with Crippen LogP contribution in [0.5, 0.6) is 0 Å². The number of esters is 1. The van der Waals surface area contributed by atoms with Crippen LogP contribution in [0, 0.1) is 0 Å². The van der Waals surface area contributed by atoms with Gasteiger partial charge in [0.15, 0.2) is 6.04 Å². The van der Waals surface area contributed by atoms with E-state index >= 15 is 0 Å². The lowest BCUT2D eigenvalue weighted by Gasteiger charge is -2.28. The molecule has 1 saturated heterocycles. The summed E-state index contributed by atoms with van der Waals surface area (Å²) >= 11 is 1.26. The number of hydrogen-bond donors (Lipinski definition) is 1. The molecule has 2 atom stereocenters. The maximum Gasteiger partial charge on any atom is 0.418 e. The average Bonchev–Trinajstić information content (AvgIpc) is 2.97. The van der Waals surface area contributed by atoms with E-state index in [2.05, 4.69) is 4.28 Å². The van der Waals surface area contributed by atoms with Crippen LogP contribution in [0.1, 0.15) is 22.5 Å². The van der Waals surface area contributed by atoms with E-state index in [-0.39, 0.29) is 6.54 Å². The molecule has 2 unspecified atom stereocenters. The first-order chi connectivity index (χ1) is 9.83. The van der Waals surface area contributed by atoms with Crippen LogP contribution in [0.3, 0.4) is 0 Å². The molecule has 11 heteroatoms. The van der Waals surface area contributed by atoms with Gasteiger partial charge in [-0.3, -0.25) is 4.55 Å². The Labute approximate surface area is 123 Å². The topological polar surface area (TPSA) is 113 Å². The number of carbonyl (C=O) groups excluding carboxylic acids is 2. The van der Waals surface area contributed by atoms with Crippen LogP contribution in [0.2, 0.25) is 0 Å². The van der Waals surface area contributed by atoms with Crippen LogP contribution in [0.25, 0.3) is 0 Å². The molecule has 114 valence electrons. The minimum atomic E-state index is -4.84. The highest BCUT2D eigenvalue weighted by Gasteiger charge is 2.53. The van der Waals surface area contributed by atoms with Crippen molar-refractivity contribution in [1.29, 1.82) is 0 Å². The molecule has 3 rings (SSSR count). The van der Waals surface area contributed by atoms with E-state index in [1.54, 1.807) is 11.4 Å². The Bertz CT molecular complexity index is 713. The fourth-order valence-corrected chi connectivity index (χ4v) is 3.96. The summed E-state index contributed by atoms with van der Waals surface area (Å²) in [4.78, 5) is 25.9. The van der Waals surface area contributed by atoms with Crippen LogP contribution in [0.15, 0.2) is 11.4 Å². The number of hydroxylamine groups is 2. The van der Waals surface area contributed by atoms with E-state index < -0.39 is 34.5 Å². The quantitative estimate of drug-likeness (QED) is 0.632. The molecule has 0 aliphatic carbocycles. The summed E-state index contributed by atoms with van der Waals surface area (Å²) < 4.78 is 39.6. The van der Waals surface area contributed by atoms with Gasteiger partial charge in [0.05, 0.1) is 13.7 Å². The highest BCUT2D eigenvalue weighted by Crippen LogP contribution is 2.46. The number of thiophene rings is 1. The molecule has 1 aromatic rings. The Hall–Kier alpha value is -1.69. The van der Waals surface area contributed by atoms with Crippen LogP contribution in [-0.4, -0.2) is 48.6 Å². The summed E-state index contributed by atoms with van der Waals surface area (Å²) in [6.45, 7) is 0.0673. The molecule has 1 fully saturated rings. The second kappa shape index (κ2) is 4.66. The lowest BCUT2D eigenvalue weighted by molar-refractivity contribution is -0.146. The van der Waals surface area contributed by atoms with Crippen molar-refractivity contribution in [3.8, 4) is 0 Å². The van der Waals surface area contributed by atoms with Gasteiger partial charge < -0.3 is 9.64 Å². The second-order valence-corrected chi connectivity index (χ2v) is 6.40. The zero-order chi connectivity index (χ0) is 15.4. The van der Waals surface area contributed by atoms with Gasteiger partial charge in [-0.2, -0.15) is 13.5 Å². The van der Waals surface area contributed by atoms with Crippen LogP contribution < -0.4 is 0 Å². The number of ether oxygens (including phenoxy) is 1. The molecular weight excluding hydrogens is 324 g/mol. The fraction of sp³-hybridized carbons (Fsp3) is 0.400. The van der Waals surface area contributed by atoms with E-state index in [4.69, 9.17) is 9.29 Å². The van der Waals surface area contributed by atoms with Crippen molar-refractivity contribution >= 4 is 33.7 Å². The maximum atomic E-state index is 12.2. The Kier molecular flexibility index (Phi) is 3.16. The lowest BCUT2D eigenvalue weighted by Crippen LogP contribution is -2.38. The third-order valence-corrected chi connectivity index (χ3v) is 4.67. The summed E-state index contributed by atoms with van der Waals surface area (Å²) in [7, 11) is -3.64. The van der Waals surface area contributed by atoms with Crippen molar-refractivity contribution in [3.05, 3.63) is 21.9 Å². The Morgan fingerprint density at radius 1 is 1.52 bits per heavy atom. The summed E-state index contributed by atoms with van der Waals surface area (Å²) in [6.07, 6.45) is 0. The number of carbonyl (C=O) groups is 2. The summed E-state index contributed by atoms with van der Waals surface area (Å²) in [6, 6.07) is -0.793. The first-order valence-electron chi connectivity index (χ1n) is 5.75. The zero-order valence-corrected chi connectivity index (χ0v) is 12.3. The van der Waals surface area contributed by atoms with E-state index in [0.29, 0.717) is 15.5 Å². The highest BCUT2D eigenvalue weighted by molar-refractivity contribution is 7.80. The van der Waals surface area contributed by atoms with Crippen LogP contribution in [0.4, 0.5) is 4.79 Å². The van der Waals surface area contributed by atoms with E-state index in [1.807, 2.05) is 0 Å².